The number of alkyl carbamates (subject to hydrolysis) is 1. The van der Waals surface area contributed by atoms with Crippen molar-refractivity contribution >= 4 is 11.9 Å². The highest BCUT2D eigenvalue weighted by Crippen LogP contribution is 2.20. The maximum Gasteiger partial charge on any atom is 0.407 e. The maximum atomic E-state index is 11.4. The average Bonchev–Trinajstić information content (AvgIpc) is 2.42. The second kappa shape index (κ2) is 10.6. The third-order valence-corrected chi connectivity index (χ3v) is 3.99. The summed E-state index contributed by atoms with van der Waals surface area (Å²) in [6, 6.07) is 0. The van der Waals surface area contributed by atoms with Crippen LogP contribution in [-0.2, 0) is 9.53 Å². The van der Waals surface area contributed by atoms with E-state index in [0.29, 0.717) is 6.54 Å². The van der Waals surface area contributed by atoms with E-state index < -0.39 is 11.7 Å². The molecule has 3 atom stereocenters. The third-order valence-electron chi connectivity index (χ3n) is 3.99. The van der Waals surface area contributed by atoms with Crippen LogP contribution in [0.15, 0.2) is 0 Å². The first kappa shape index (κ1) is 21.9. The van der Waals surface area contributed by atoms with E-state index in [1.54, 1.807) is 6.92 Å². The molecule has 0 aromatic carbocycles. The number of carbonyl (C=O) groups is 2. The fraction of sp³-hybridized carbons (Fsp3) is 0.889. The molecule has 0 unspecified atom stereocenters. The molecule has 23 heavy (non-hydrogen) atoms. The second-order valence-corrected chi connectivity index (χ2v) is 7.50. The molecule has 0 bridgehead atoms. The van der Waals surface area contributed by atoms with E-state index in [-0.39, 0.29) is 23.7 Å². The van der Waals surface area contributed by atoms with Crippen LogP contribution in [0.5, 0.6) is 0 Å². The van der Waals surface area contributed by atoms with Crippen molar-refractivity contribution in [3.8, 4) is 0 Å². The summed E-state index contributed by atoms with van der Waals surface area (Å²) >= 11 is 0. The molecule has 0 aromatic heterocycles. The number of unbranched alkanes of at least 4 members (excludes halogenated alkanes) is 3. The lowest BCUT2D eigenvalue weighted by Crippen LogP contribution is -2.33. The molecular weight excluding hydrogens is 294 g/mol. The summed E-state index contributed by atoms with van der Waals surface area (Å²) in [6.07, 6.45) is 4.02. The van der Waals surface area contributed by atoms with Crippen LogP contribution in [0, 0.1) is 11.8 Å². The number of hydrogen-bond donors (Lipinski definition) is 2. The number of ketones is 1. The smallest absolute Gasteiger partial charge is 0.407 e. The predicted molar refractivity (Wildman–Crippen MR) is 92.3 cm³/mol. The monoisotopic (exact) mass is 329 g/mol. The van der Waals surface area contributed by atoms with Gasteiger partial charge in [-0.15, -0.1) is 0 Å². The molecule has 0 heterocycles. The van der Waals surface area contributed by atoms with E-state index in [9.17, 15) is 14.7 Å². The van der Waals surface area contributed by atoms with Gasteiger partial charge in [-0.2, -0.15) is 0 Å². The van der Waals surface area contributed by atoms with Gasteiger partial charge in [0.1, 0.15) is 11.4 Å². The number of ether oxygens (including phenoxy) is 1. The van der Waals surface area contributed by atoms with Gasteiger partial charge in [0.25, 0.3) is 0 Å². The van der Waals surface area contributed by atoms with Crippen LogP contribution in [0.4, 0.5) is 4.79 Å². The van der Waals surface area contributed by atoms with E-state index in [0.717, 1.165) is 32.1 Å². The minimum absolute atomic E-state index is 0.0394. The zero-order valence-electron chi connectivity index (χ0n) is 15.6. The number of hydrogen-bond acceptors (Lipinski definition) is 4. The molecule has 0 rings (SSSR count). The lowest BCUT2D eigenvalue weighted by Gasteiger charge is -2.23. The Bertz CT molecular complexity index is 363. The zero-order valence-corrected chi connectivity index (χ0v) is 15.6. The van der Waals surface area contributed by atoms with Crippen LogP contribution in [0.3, 0.4) is 0 Å². The number of aliphatic hydroxyl groups excluding tert-OH is 1. The van der Waals surface area contributed by atoms with Crippen LogP contribution >= 0.6 is 0 Å². The lowest BCUT2D eigenvalue weighted by molar-refractivity contribution is -0.124. The molecule has 0 fully saturated rings. The van der Waals surface area contributed by atoms with E-state index in [4.69, 9.17) is 4.74 Å². The first-order valence-corrected chi connectivity index (χ1v) is 8.70. The summed E-state index contributed by atoms with van der Waals surface area (Å²) in [4.78, 5) is 22.7. The van der Waals surface area contributed by atoms with Gasteiger partial charge in [-0.05, 0) is 46.5 Å². The summed E-state index contributed by atoms with van der Waals surface area (Å²) in [5.74, 6) is -0.116. The van der Waals surface area contributed by atoms with Gasteiger partial charge in [0, 0.05) is 12.5 Å². The average molecular weight is 329 g/mol. The minimum atomic E-state index is -0.554. The molecule has 0 saturated heterocycles. The zero-order chi connectivity index (χ0) is 18.0. The van der Waals surface area contributed by atoms with Crippen molar-refractivity contribution < 1.29 is 19.4 Å². The van der Waals surface area contributed by atoms with Crippen molar-refractivity contribution in [3.05, 3.63) is 0 Å². The predicted octanol–water partition coefficient (Wildman–Crippen LogP) is 3.68. The number of nitrogens with one attached hydrogen (secondary N) is 1. The number of rotatable bonds is 10. The Morgan fingerprint density at radius 2 is 1.65 bits per heavy atom. The second-order valence-electron chi connectivity index (χ2n) is 7.50. The van der Waals surface area contributed by atoms with Gasteiger partial charge in [-0.1, -0.05) is 33.1 Å². The Kier molecular flexibility index (Phi) is 10.1. The SMILES string of the molecule is CC(=O)[C@@H](C)[C@H](O)[C@H](C)CCCCCCNC(=O)OC(C)(C)C. The molecule has 5 heteroatoms. The first-order chi connectivity index (χ1) is 10.5. The van der Waals surface area contributed by atoms with Gasteiger partial charge in [-0.25, -0.2) is 4.79 Å². The molecule has 1 amide bonds. The molecule has 136 valence electrons. The highest BCUT2D eigenvalue weighted by atomic mass is 16.6. The normalized spacial score (nSPS) is 15.6. The van der Waals surface area contributed by atoms with Crippen molar-refractivity contribution in [2.75, 3.05) is 6.54 Å². The van der Waals surface area contributed by atoms with Crippen molar-refractivity contribution in [2.24, 2.45) is 11.8 Å². The van der Waals surface area contributed by atoms with E-state index in [1.807, 2.05) is 27.7 Å². The molecule has 0 aliphatic heterocycles. The fourth-order valence-electron chi connectivity index (χ4n) is 2.35. The highest BCUT2D eigenvalue weighted by molar-refractivity contribution is 5.78. The van der Waals surface area contributed by atoms with E-state index in [1.165, 1.54) is 6.92 Å². The molecule has 0 spiro atoms. The quantitative estimate of drug-likeness (QED) is 0.599. The van der Waals surface area contributed by atoms with Crippen LogP contribution < -0.4 is 5.32 Å². The van der Waals surface area contributed by atoms with Crippen LogP contribution in [-0.4, -0.2) is 35.2 Å². The standard InChI is InChI=1S/C18H35NO4/c1-13(16(21)14(2)15(3)20)11-9-7-8-10-12-19-17(22)23-18(4,5)6/h13-14,16,21H,7-12H2,1-6H3,(H,19,22)/t13-,14-,16-/m1/s1. The molecule has 0 aliphatic carbocycles. The lowest BCUT2D eigenvalue weighted by atomic mass is 9.87. The molecule has 0 saturated carbocycles. The molecular formula is C18H35NO4. The van der Waals surface area contributed by atoms with Gasteiger partial charge < -0.3 is 15.2 Å². The summed E-state index contributed by atoms with van der Waals surface area (Å²) in [5.41, 5.74) is -0.460. The number of carbonyl (C=O) groups excluding carboxylic acids is 2. The fourth-order valence-corrected chi connectivity index (χ4v) is 2.35. The Balaban J connectivity index is 3.66. The molecule has 0 aromatic rings. The van der Waals surface area contributed by atoms with E-state index in [2.05, 4.69) is 5.32 Å². The Morgan fingerprint density at radius 3 is 2.17 bits per heavy atom. The van der Waals surface area contributed by atoms with Gasteiger partial charge in [0.05, 0.1) is 6.10 Å². The van der Waals surface area contributed by atoms with Crippen LogP contribution in [0.1, 0.15) is 73.6 Å². The number of Topliss-reactive ketones (excluding diaryl/α,β-unsaturated/α-hetero) is 1. The van der Waals surface area contributed by atoms with Gasteiger partial charge in [0.2, 0.25) is 0 Å². The third kappa shape index (κ3) is 11.1. The first-order valence-electron chi connectivity index (χ1n) is 8.70. The summed E-state index contributed by atoms with van der Waals surface area (Å²) in [6.45, 7) is 11.5. The Hall–Kier alpha value is -1.10. The van der Waals surface area contributed by atoms with Crippen molar-refractivity contribution in [2.45, 2.75) is 85.4 Å². The molecule has 0 aliphatic rings. The maximum absolute atomic E-state index is 11.4. The van der Waals surface area contributed by atoms with Gasteiger partial charge >= 0.3 is 6.09 Å². The number of amides is 1. The summed E-state index contributed by atoms with van der Waals surface area (Å²) in [5, 5.41) is 12.8. The largest absolute Gasteiger partial charge is 0.444 e. The number of aliphatic hydroxyl groups is 1. The Labute approximate surface area is 141 Å². The molecule has 0 radical (unpaired) electrons. The molecule has 5 nitrogen and oxygen atoms in total. The van der Waals surface area contributed by atoms with Crippen molar-refractivity contribution in [3.63, 3.8) is 0 Å². The van der Waals surface area contributed by atoms with E-state index >= 15 is 0 Å². The van der Waals surface area contributed by atoms with Crippen LogP contribution in [0.25, 0.3) is 0 Å². The van der Waals surface area contributed by atoms with Crippen LogP contribution in [0.2, 0.25) is 0 Å². The molecule has 2 N–H and O–H groups in total. The summed E-state index contributed by atoms with van der Waals surface area (Å²) < 4.78 is 5.16. The van der Waals surface area contributed by atoms with Crippen molar-refractivity contribution in [1.29, 1.82) is 0 Å². The van der Waals surface area contributed by atoms with Gasteiger partial charge in [0.15, 0.2) is 0 Å². The van der Waals surface area contributed by atoms with Crippen molar-refractivity contribution in [1.82, 2.24) is 5.32 Å². The minimum Gasteiger partial charge on any atom is -0.444 e. The topological polar surface area (TPSA) is 75.6 Å². The van der Waals surface area contributed by atoms with Gasteiger partial charge in [-0.3, -0.25) is 4.79 Å². The highest BCUT2D eigenvalue weighted by Gasteiger charge is 2.23. The summed E-state index contributed by atoms with van der Waals surface area (Å²) in [7, 11) is 0. The Morgan fingerprint density at radius 1 is 1.09 bits per heavy atom.